The summed E-state index contributed by atoms with van der Waals surface area (Å²) in [5, 5.41) is 0. The molecule has 76 valence electrons. The molecule has 0 heterocycles. The van der Waals surface area contributed by atoms with E-state index in [4.69, 9.17) is 4.84 Å². The number of unbranched alkanes of at least 4 members (excludes halogenated alkanes) is 1. The number of hydrogen-bond donors (Lipinski definition) is 1. The minimum atomic E-state index is 0.620. The van der Waals surface area contributed by atoms with E-state index in [1.807, 2.05) is 36.4 Å². The monoisotopic (exact) mass is 191 g/mol. The molecule has 0 atom stereocenters. The Kier molecular flexibility index (Phi) is 5.71. The zero-order valence-electron chi connectivity index (χ0n) is 8.41. The van der Waals surface area contributed by atoms with Crippen LogP contribution in [0.1, 0.15) is 18.4 Å². The van der Waals surface area contributed by atoms with Gasteiger partial charge in [0, 0.05) is 6.54 Å². The Labute approximate surface area is 85.5 Å². The van der Waals surface area contributed by atoms with Crippen molar-refractivity contribution in [1.29, 1.82) is 0 Å². The second-order valence-electron chi connectivity index (χ2n) is 3.10. The van der Waals surface area contributed by atoms with Crippen LogP contribution in [0.15, 0.2) is 43.0 Å². The van der Waals surface area contributed by atoms with E-state index in [1.54, 1.807) is 0 Å². The maximum Gasteiger partial charge on any atom is 0.0933 e. The van der Waals surface area contributed by atoms with E-state index in [0.717, 1.165) is 19.4 Å². The fraction of sp³-hybridized carbons (Fsp3) is 0.333. The van der Waals surface area contributed by atoms with Crippen molar-refractivity contribution in [3.63, 3.8) is 0 Å². The zero-order valence-corrected chi connectivity index (χ0v) is 8.41. The van der Waals surface area contributed by atoms with Gasteiger partial charge >= 0.3 is 0 Å². The predicted molar refractivity (Wildman–Crippen MR) is 58.7 cm³/mol. The van der Waals surface area contributed by atoms with Gasteiger partial charge in [0.25, 0.3) is 0 Å². The second kappa shape index (κ2) is 7.30. The molecule has 2 nitrogen and oxygen atoms in total. The molecule has 1 aromatic carbocycles. The molecule has 0 bridgehead atoms. The van der Waals surface area contributed by atoms with E-state index in [0.29, 0.717) is 6.61 Å². The summed E-state index contributed by atoms with van der Waals surface area (Å²) >= 11 is 0. The topological polar surface area (TPSA) is 21.3 Å². The van der Waals surface area contributed by atoms with Crippen molar-refractivity contribution in [2.75, 3.05) is 6.54 Å². The fourth-order valence-electron chi connectivity index (χ4n) is 1.10. The predicted octanol–water partition coefficient (Wildman–Crippen LogP) is 2.67. The van der Waals surface area contributed by atoms with Crippen molar-refractivity contribution in [3.05, 3.63) is 48.6 Å². The van der Waals surface area contributed by atoms with Crippen molar-refractivity contribution in [1.82, 2.24) is 5.48 Å². The summed E-state index contributed by atoms with van der Waals surface area (Å²) in [4.78, 5) is 5.28. The van der Waals surface area contributed by atoms with Crippen molar-refractivity contribution in [2.24, 2.45) is 0 Å². The molecule has 0 spiro atoms. The van der Waals surface area contributed by atoms with Crippen LogP contribution in [-0.4, -0.2) is 6.54 Å². The molecular formula is C12H17NO. The Balaban J connectivity index is 2.02. The van der Waals surface area contributed by atoms with Crippen molar-refractivity contribution in [3.8, 4) is 0 Å². The third kappa shape index (κ3) is 4.80. The van der Waals surface area contributed by atoms with Gasteiger partial charge in [-0.05, 0) is 18.4 Å². The number of rotatable bonds is 7. The second-order valence-corrected chi connectivity index (χ2v) is 3.10. The highest BCUT2D eigenvalue weighted by Gasteiger charge is 1.90. The third-order valence-corrected chi connectivity index (χ3v) is 1.87. The van der Waals surface area contributed by atoms with E-state index in [9.17, 15) is 0 Å². The highest BCUT2D eigenvalue weighted by molar-refractivity contribution is 5.13. The van der Waals surface area contributed by atoms with Crippen LogP contribution < -0.4 is 5.48 Å². The first kappa shape index (κ1) is 11.0. The van der Waals surface area contributed by atoms with E-state index >= 15 is 0 Å². The van der Waals surface area contributed by atoms with Gasteiger partial charge in [0.2, 0.25) is 0 Å². The maximum atomic E-state index is 5.28. The van der Waals surface area contributed by atoms with Crippen LogP contribution in [0.3, 0.4) is 0 Å². The van der Waals surface area contributed by atoms with Crippen LogP contribution in [0.25, 0.3) is 0 Å². The average Bonchev–Trinajstić information content (AvgIpc) is 2.25. The molecule has 1 rings (SSSR count). The van der Waals surface area contributed by atoms with Gasteiger partial charge in [0.15, 0.2) is 0 Å². The summed E-state index contributed by atoms with van der Waals surface area (Å²) in [5.74, 6) is 0. The molecule has 0 unspecified atom stereocenters. The maximum absolute atomic E-state index is 5.28. The average molecular weight is 191 g/mol. The summed E-state index contributed by atoms with van der Waals surface area (Å²) in [6, 6.07) is 10.1. The molecule has 0 amide bonds. The van der Waals surface area contributed by atoms with Gasteiger partial charge in [0.1, 0.15) is 0 Å². The Hall–Kier alpha value is -1.12. The standard InChI is InChI=1S/C12H17NO/c1-2-3-7-10-13-14-11-12-8-5-4-6-9-12/h2,4-6,8-9,13H,1,3,7,10-11H2. The molecule has 0 aliphatic rings. The summed E-state index contributed by atoms with van der Waals surface area (Å²) in [7, 11) is 0. The first-order valence-electron chi connectivity index (χ1n) is 4.93. The number of hydroxylamine groups is 1. The van der Waals surface area contributed by atoms with E-state index in [2.05, 4.69) is 12.1 Å². The lowest BCUT2D eigenvalue weighted by Crippen LogP contribution is -2.15. The smallest absolute Gasteiger partial charge is 0.0933 e. The molecule has 0 aromatic heterocycles. The largest absolute Gasteiger partial charge is 0.297 e. The quantitative estimate of drug-likeness (QED) is 0.406. The lowest BCUT2D eigenvalue weighted by Gasteiger charge is -2.04. The number of nitrogens with one attached hydrogen (secondary N) is 1. The summed E-state index contributed by atoms with van der Waals surface area (Å²) in [6.45, 7) is 5.15. The van der Waals surface area contributed by atoms with E-state index in [-0.39, 0.29) is 0 Å². The van der Waals surface area contributed by atoms with Gasteiger partial charge in [-0.2, -0.15) is 0 Å². The van der Waals surface area contributed by atoms with Crippen LogP contribution >= 0.6 is 0 Å². The summed E-state index contributed by atoms with van der Waals surface area (Å²) < 4.78 is 0. The number of benzene rings is 1. The Morgan fingerprint density at radius 2 is 2.07 bits per heavy atom. The minimum Gasteiger partial charge on any atom is -0.297 e. The molecule has 0 saturated heterocycles. The van der Waals surface area contributed by atoms with Gasteiger partial charge in [-0.15, -0.1) is 6.58 Å². The Morgan fingerprint density at radius 3 is 2.79 bits per heavy atom. The Morgan fingerprint density at radius 1 is 1.29 bits per heavy atom. The normalized spacial score (nSPS) is 10.0. The SMILES string of the molecule is C=CCCCNOCc1ccccc1. The van der Waals surface area contributed by atoms with Gasteiger partial charge in [-0.1, -0.05) is 36.4 Å². The highest BCUT2D eigenvalue weighted by Crippen LogP contribution is 1.98. The molecule has 0 saturated carbocycles. The van der Waals surface area contributed by atoms with Crippen LogP contribution in [-0.2, 0) is 11.4 Å². The van der Waals surface area contributed by atoms with Gasteiger partial charge < -0.3 is 0 Å². The van der Waals surface area contributed by atoms with Crippen LogP contribution in [0, 0.1) is 0 Å². The molecule has 14 heavy (non-hydrogen) atoms. The fourth-order valence-corrected chi connectivity index (χ4v) is 1.10. The molecular weight excluding hydrogens is 174 g/mol. The molecule has 0 fully saturated rings. The molecule has 1 N–H and O–H groups in total. The number of hydrogen-bond acceptors (Lipinski definition) is 2. The summed E-state index contributed by atoms with van der Waals surface area (Å²) in [6.07, 6.45) is 4.01. The Bertz CT molecular complexity index is 246. The molecule has 0 aliphatic heterocycles. The van der Waals surface area contributed by atoms with Gasteiger partial charge in [0.05, 0.1) is 6.61 Å². The summed E-state index contributed by atoms with van der Waals surface area (Å²) in [5.41, 5.74) is 4.10. The van der Waals surface area contributed by atoms with Crippen LogP contribution in [0.2, 0.25) is 0 Å². The lowest BCUT2D eigenvalue weighted by molar-refractivity contribution is 0.0277. The van der Waals surface area contributed by atoms with Gasteiger partial charge in [-0.25, -0.2) is 5.48 Å². The number of allylic oxidation sites excluding steroid dienone is 1. The van der Waals surface area contributed by atoms with E-state index < -0.39 is 0 Å². The first-order chi connectivity index (χ1) is 6.93. The van der Waals surface area contributed by atoms with Crippen LogP contribution in [0.4, 0.5) is 0 Å². The molecule has 1 aromatic rings. The van der Waals surface area contributed by atoms with E-state index in [1.165, 1.54) is 5.56 Å². The molecule has 2 heteroatoms. The van der Waals surface area contributed by atoms with Crippen LogP contribution in [0.5, 0.6) is 0 Å². The minimum absolute atomic E-state index is 0.620. The van der Waals surface area contributed by atoms with Crippen molar-refractivity contribution in [2.45, 2.75) is 19.4 Å². The zero-order chi connectivity index (χ0) is 10.1. The third-order valence-electron chi connectivity index (χ3n) is 1.87. The van der Waals surface area contributed by atoms with Gasteiger partial charge in [-0.3, -0.25) is 4.84 Å². The molecule has 0 aliphatic carbocycles. The lowest BCUT2D eigenvalue weighted by atomic mass is 10.2. The molecule has 0 radical (unpaired) electrons. The first-order valence-corrected chi connectivity index (χ1v) is 4.93. The highest BCUT2D eigenvalue weighted by atomic mass is 16.6. The van der Waals surface area contributed by atoms with Crippen molar-refractivity contribution >= 4 is 0 Å². The van der Waals surface area contributed by atoms with Crippen molar-refractivity contribution < 1.29 is 4.84 Å².